The number of rotatable bonds is 6. The number of carbonyl (C=O) groups is 2. The van der Waals surface area contributed by atoms with Crippen molar-refractivity contribution in [2.75, 3.05) is 70.9 Å². The zero-order valence-corrected chi connectivity index (χ0v) is 16.5. The Bertz CT molecular complexity index is 717. The molecule has 1 aromatic rings. The van der Waals surface area contributed by atoms with Gasteiger partial charge in [-0.1, -0.05) is 5.16 Å². The monoisotopic (exact) mass is 391 g/mol. The molecule has 1 spiro atoms. The van der Waals surface area contributed by atoms with E-state index in [4.69, 9.17) is 9.26 Å². The van der Waals surface area contributed by atoms with Crippen LogP contribution in [0.5, 0.6) is 0 Å². The second-order valence-electron chi connectivity index (χ2n) is 8.11. The van der Waals surface area contributed by atoms with E-state index in [1.807, 2.05) is 4.90 Å². The fourth-order valence-electron chi connectivity index (χ4n) is 4.48. The van der Waals surface area contributed by atoms with E-state index in [0.717, 1.165) is 65.3 Å². The summed E-state index contributed by atoms with van der Waals surface area (Å²) in [7, 11) is 0. The fourth-order valence-corrected chi connectivity index (χ4v) is 4.48. The largest absolute Gasteiger partial charge is 0.379 e. The van der Waals surface area contributed by atoms with E-state index in [0.29, 0.717) is 18.1 Å². The third-order valence-corrected chi connectivity index (χ3v) is 6.09. The van der Waals surface area contributed by atoms with Crippen molar-refractivity contribution in [3.63, 3.8) is 0 Å². The molecule has 1 atom stereocenters. The van der Waals surface area contributed by atoms with Crippen LogP contribution in [-0.2, 0) is 14.3 Å². The van der Waals surface area contributed by atoms with Crippen LogP contribution < -0.4 is 5.32 Å². The lowest BCUT2D eigenvalue weighted by atomic mass is 9.85. The third-order valence-electron chi connectivity index (χ3n) is 6.09. The van der Waals surface area contributed by atoms with Gasteiger partial charge in [0.15, 0.2) is 5.82 Å². The van der Waals surface area contributed by atoms with Crippen LogP contribution in [-0.4, -0.2) is 97.2 Å². The van der Waals surface area contributed by atoms with Crippen LogP contribution in [0.15, 0.2) is 10.6 Å². The molecule has 3 aliphatic heterocycles. The maximum absolute atomic E-state index is 13.1. The van der Waals surface area contributed by atoms with Crippen LogP contribution in [0.2, 0.25) is 0 Å². The van der Waals surface area contributed by atoms with E-state index in [1.165, 1.54) is 0 Å². The second-order valence-corrected chi connectivity index (χ2v) is 8.11. The summed E-state index contributed by atoms with van der Waals surface area (Å²) in [6.45, 7) is 9.45. The number of carbonyl (C=O) groups excluding carboxylic acids is 2. The van der Waals surface area contributed by atoms with Gasteiger partial charge in [-0.2, -0.15) is 0 Å². The van der Waals surface area contributed by atoms with Crippen LogP contribution in [0, 0.1) is 12.3 Å². The van der Waals surface area contributed by atoms with Crippen LogP contribution >= 0.6 is 0 Å². The quantitative estimate of drug-likeness (QED) is 0.740. The van der Waals surface area contributed by atoms with E-state index >= 15 is 0 Å². The zero-order chi connectivity index (χ0) is 19.6. The Balaban J connectivity index is 1.25. The number of nitrogens with one attached hydrogen (secondary N) is 1. The number of ether oxygens (including phenoxy) is 1. The van der Waals surface area contributed by atoms with Crippen molar-refractivity contribution in [1.82, 2.24) is 19.9 Å². The van der Waals surface area contributed by atoms with Gasteiger partial charge in [0.25, 0.3) is 0 Å². The summed E-state index contributed by atoms with van der Waals surface area (Å²) in [4.78, 5) is 31.8. The lowest BCUT2D eigenvalue weighted by Crippen LogP contribution is -2.43. The summed E-state index contributed by atoms with van der Waals surface area (Å²) in [6, 6.07) is 1.69. The molecule has 1 N–H and O–H groups in total. The van der Waals surface area contributed by atoms with Gasteiger partial charge in [0, 0.05) is 45.3 Å². The number of amides is 2. The van der Waals surface area contributed by atoms with E-state index in [9.17, 15) is 9.59 Å². The Morgan fingerprint density at radius 1 is 1.18 bits per heavy atom. The fraction of sp³-hybridized carbons (Fsp3) is 0.737. The van der Waals surface area contributed by atoms with Gasteiger partial charge in [0.2, 0.25) is 11.8 Å². The summed E-state index contributed by atoms with van der Waals surface area (Å²) < 4.78 is 10.3. The van der Waals surface area contributed by atoms with Crippen molar-refractivity contribution in [1.29, 1.82) is 0 Å². The maximum Gasteiger partial charge on any atom is 0.239 e. The molecule has 4 heterocycles. The summed E-state index contributed by atoms with van der Waals surface area (Å²) in [5.41, 5.74) is -0.310. The van der Waals surface area contributed by atoms with Crippen molar-refractivity contribution >= 4 is 17.6 Å². The number of aryl methyl sites for hydroxylation is 1. The Morgan fingerprint density at radius 2 is 1.96 bits per heavy atom. The van der Waals surface area contributed by atoms with Gasteiger partial charge in [-0.3, -0.25) is 19.4 Å². The highest BCUT2D eigenvalue weighted by Gasteiger charge is 2.50. The van der Waals surface area contributed by atoms with Crippen molar-refractivity contribution in [3.8, 4) is 0 Å². The highest BCUT2D eigenvalue weighted by molar-refractivity contribution is 5.91. The molecule has 4 rings (SSSR count). The predicted octanol–water partition coefficient (Wildman–Crippen LogP) is 0.178. The zero-order valence-electron chi connectivity index (χ0n) is 16.5. The van der Waals surface area contributed by atoms with Gasteiger partial charge in [-0.05, 0) is 26.3 Å². The Labute approximate surface area is 164 Å². The van der Waals surface area contributed by atoms with Crippen molar-refractivity contribution in [3.05, 3.63) is 11.8 Å². The molecule has 3 aliphatic rings. The maximum atomic E-state index is 13.1. The highest BCUT2D eigenvalue weighted by Crippen LogP contribution is 2.40. The normalized spacial score (nSPS) is 26.5. The molecule has 3 fully saturated rings. The summed E-state index contributed by atoms with van der Waals surface area (Å²) in [5.74, 6) is 1.22. The molecule has 1 unspecified atom stereocenters. The first-order chi connectivity index (χ1) is 13.5. The van der Waals surface area contributed by atoms with Crippen LogP contribution in [0.3, 0.4) is 0 Å². The standard InChI is InChI=1S/C19H29N5O4/c1-15-12-16(21-28-15)20-17(25)13-23-4-2-19(14-23)3-5-24(18(19)26)7-6-22-8-10-27-11-9-22/h12H,2-11,13-14H2,1H3,(H,20,21,25). The molecule has 0 bridgehead atoms. The topological polar surface area (TPSA) is 91.2 Å². The molecular weight excluding hydrogens is 362 g/mol. The average Bonchev–Trinajstić information content (AvgIpc) is 3.36. The number of nitrogens with zero attached hydrogens (tertiary/aromatic N) is 4. The molecule has 154 valence electrons. The van der Waals surface area contributed by atoms with E-state index < -0.39 is 0 Å². The van der Waals surface area contributed by atoms with E-state index in [2.05, 4.69) is 20.3 Å². The molecule has 0 saturated carbocycles. The number of likely N-dealkylation sites (tertiary alicyclic amines) is 2. The predicted molar refractivity (Wildman–Crippen MR) is 102 cm³/mol. The van der Waals surface area contributed by atoms with Crippen molar-refractivity contribution in [2.24, 2.45) is 5.41 Å². The average molecular weight is 391 g/mol. The van der Waals surface area contributed by atoms with Crippen LogP contribution in [0.4, 0.5) is 5.82 Å². The van der Waals surface area contributed by atoms with Crippen LogP contribution in [0.25, 0.3) is 0 Å². The Hall–Kier alpha value is -1.97. The molecule has 1 aromatic heterocycles. The van der Waals surface area contributed by atoms with Gasteiger partial charge in [0.05, 0.1) is 25.2 Å². The number of hydrogen-bond acceptors (Lipinski definition) is 7. The molecule has 3 saturated heterocycles. The molecule has 28 heavy (non-hydrogen) atoms. The summed E-state index contributed by atoms with van der Waals surface area (Å²) in [5, 5.41) is 6.53. The first-order valence-corrected chi connectivity index (χ1v) is 10.1. The molecular formula is C19H29N5O4. The highest BCUT2D eigenvalue weighted by atomic mass is 16.5. The summed E-state index contributed by atoms with van der Waals surface area (Å²) >= 11 is 0. The lowest BCUT2D eigenvalue weighted by Gasteiger charge is -2.29. The minimum Gasteiger partial charge on any atom is -0.379 e. The van der Waals surface area contributed by atoms with Crippen molar-refractivity contribution in [2.45, 2.75) is 19.8 Å². The molecule has 2 amide bonds. The lowest BCUT2D eigenvalue weighted by molar-refractivity contribution is -0.136. The van der Waals surface area contributed by atoms with Gasteiger partial charge in [-0.15, -0.1) is 0 Å². The molecule has 9 nitrogen and oxygen atoms in total. The summed E-state index contributed by atoms with van der Waals surface area (Å²) in [6.07, 6.45) is 1.71. The smallest absolute Gasteiger partial charge is 0.239 e. The van der Waals surface area contributed by atoms with Gasteiger partial charge < -0.3 is 19.5 Å². The number of anilines is 1. The molecule has 0 aromatic carbocycles. The van der Waals surface area contributed by atoms with Gasteiger partial charge in [0.1, 0.15) is 5.76 Å². The van der Waals surface area contributed by atoms with Crippen LogP contribution in [0.1, 0.15) is 18.6 Å². The van der Waals surface area contributed by atoms with E-state index in [1.54, 1.807) is 13.0 Å². The number of morpholine rings is 1. The molecule has 9 heteroatoms. The third kappa shape index (κ3) is 4.21. The first-order valence-electron chi connectivity index (χ1n) is 10.1. The minimum atomic E-state index is -0.310. The number of hydrogen-bond donors (Lipinski definition) is 1. The van der Waals surface area contributed by atoms with E-state index in [-0.39, 0.29) is 23.8 Å². The van der Waals surface area contributed by atoms with Crippen molar-refractivity contribution < 1.29 is 18.8 Å². The second kappa shape index (κ2) is 8.18. The Kier molecular flexibility index (Phi) is 5.65. The Morgan fingerprint density at radius 3 is 2.71 bits per heavy atom. The molecule has 0 aliphatic carbocycles. The van der Waals surface area contributed by atoms with Gasteiger partial charge in [-0.25, -0.2) is 0 Å². The minimum absolute atomic E-state index is 0.125. The van der Waals surface area contributed by atoms with Gasteiger partial charge >= 0.3 is 0 Å². The first kappa shape index (κ1) is 19.4. The molecule has 0 radical (unpaired) electrons. The number of aromatic nitrogens is 1. The SMILES string of the molecule is Cc1cc(NC(=O)CN2CCC3(CCN(CCN4CCOCC4)C3=O)C2)no1.